The first-order valence-electron chi connectivity index (χ1n) is 6.10. The SMILES string of the molecule is Nc1c(C(=O)NC2CNC(=O)C2)sc2cccc(Cl)c12. The Bertz CT molecular complexity index is 713. The minimum atomic E-state index is -0.263. The second kappa shape index (κ2) is 4.96. The van der Waals surface area contributed by atoms with Crippen LogP contribution in [0.5, 0.6) is 0 Å². The Balaban J connectivity index is 1.90. The number of anilines is 1. The molecule has 1 fully saturated rings. The molecule has 1 aromatic carbocycles. The number of benzene rings is 1. The van der Waals surface area contributed by atoms with E-state index in [4.69, 9.17) is 17.3 Å². The second-order valence-corrected chi connectivity index (χ2v) is 6.10. The molecule has 2 amide bonds. The monoisotopic (exact) mass is 309 g/mol. The maximum atomic E-state index is 12.2. The van der Waals surface area contributed by atoms with E-state index in [1.54, 1.807) is 6.07 Å². The zero-order valence-electron chi connectivity index (χ0n) is 10.4. The van der Waals surface area contributed by atoms with E-state index < -0.39 is 0 Å². The van der Waals surface area contributed by atoms with Gasteiger partial charge in [-0.1, -0.05) is 17.7 Å². The molecule has 7 heteroatoms. The van der Waals surface area contributed by atoms with E-state index in [1.807, 2.05) is 12.1 Å². The van der Waals surface area contributed by atoms with Crippen molar-refractivity contribution in [2.45, 2.75) is 12.5 Å². The molecule has 2 heterocycles. The van der Waals surface area contributed by atoms with Gasteiger partial charge in [-0.05, 0) is 12.1 Å². The molecule has 1 unspecified atom stereocenters. The van der Waals surface area contributed by atoms with Gasteiger partial charge in [0.2, 0.25) is 5.91 Å². The molecule has 1 aromatic heterocycles. The van der Waals surface area contributed by atoms with Crippen molar-refractivity contribution in [2.75, 3.05) is 12.3 Å². The van der Waals surface area contributed by atoms with Gasteiger partial charge in [-0.3, -0.25) is 9.59 Å². The highest BCUT2D eigenvalue weighted by atomic mass is 35.5. The summed E-state index contributed by atoms with van der Waals surface area (Å²) in [5.74, 6) is -0.316. The zero-order valence-corrected chi connectivity index (χ0v) is 12.0. The first-order chi connectivity index (χ1) is 9.56. The Morgan fingerprint density at radius 2 is 2.30 bits per heavy atom. The molecule has 1 saturated heterocycles. The molecule has 3 rings (SSSR count). The molecule has 4 N–H and O–H groups in total. The van der Waals surface area contributed by atoms with Gasteiger partial charge in [0.25, 0.3) is 5.91 Å². The average molecular weight is 310 g/mol. The standard InChI is InChI=1S/C13H12ClN3O2S/c14-7-2-1-3-8-10(7)11(15)12(20-8)13(19)17-6-4-9(18)16-5-6/h1-3,6H,4-5,15H2,(H,16,18)(H,17,19). The average Bonchev–Trinajstić information content (AvgIpc) is 2.95. The largest absolute Gasteiger partial charge is 0.397 e. The van der Waals surface area contributed by atoms with Gasteiger partial charge in [-0.25, -0.2) is 0 Å². The predicted octanol–water partition coefficient (Wildman–Crippen LogP) is 1.76. The number of nitrogen functional groups attached to an aromatic ring is 1. The third-order valence-corrected chi connectivity index (χ3v) is 4.70. The third-order valence-electron chi connectivity index (χ3n) is 3.22. The fourth-order valence-corrected chi connectivity index (χ4v) is 3.64. The van der Waals surface area contributed by atoms with Gasteiger partial charge >= 0.3 is 0 Å². The maximum Gasteiger partial charge on any atom is 0.263 e. The summed E-state index contributed by atoms with van der Waals surface area (Å²) in [4.78, 5) is 23.8. The predicted molar refractivity (Wildman–Crippen MR) is 80.1 cm³/mol. The lowest BCUT2D eigenvalue weighted by Gasteiger charge is -2.09. The zero-order chi connectivity index (χ0) is 14.3. The number of nitrogens with one attached hydrogen (secondary N) is 2. The highest BCUT2D eigenvalue weighted by Crippen LogP contribution is 2.37. The molecule has 0 aliphatic carbocycles. The van der Waals surface area contributed by atoms with E-state index in [1.165, 1.54) is 11.3 Å². The second-order valence-electron chi connectivity index (χ2n) is 4.64. The molecular weight excluding hydrogens is 298 g/mol. The third kappa shape index (κ3) is 2.21. The maximum absolute atomic E-state index is 12.2. The van der Waals surface area contributed by atoms with Crippen molar-refractivity contribution in [3.05, 3.63) is 28.1 Å². The summed E-state index contributed by atoms with van der Waals surface area (Å²) in [6, 6.07) is 5.26. The molecular formula is C13H12ClN3O2S. The lowest BCUT2D eigenvalue weighted by Crippen LogP contribution is -2.36. The number of rotatable bonds is 2. The minimum Gasteiger partial charge on any atom is -0.397 e. The summed E-state index contributed by atoms with van der Waals surface area (Å²) in [6.07, 6.45) is 0.303. The van der Waals surface area contributed by atoms with Crippen LogP contribution < -0.4 is 16.4 Å². The van der Waals surface area contributed by atoms with Crippen molar-refractivity contribution in [3.63, 3.8) is 0 Å². The number of carbonyl (C=O) groups is 2. The van der Waals surface area contributed by atoms with Crippen LogP contribution in [0.3, 0.4) is 0 Å². The lowest BCUT2D eigenvalue weighted by atomic mass is 10.2. The van der Waals surface area contributed by atoms with Crippen LogP contribution in [0, 0.1) is 0 Å². The molecule has 0 radical (unpaired) electrons. The molecule has 1 aliphatic rings. The van der Waals surface area contributed by atoms with Crippen LogP contribution in [0.25, 0.3) is 10.1 Å². The van der Waals surface area contributed by atoms with Gasteiger partial charge in [0, 0.05) is 23.1 Å². The molecule has 5 nitrogen and oxygen atoms in total. The van der Waals surface area contributed by atoms with Gasteiger partial charge in [-0.2, -0.15) is 0 Å². The summed E-state index contributed by atoms with van der Waals surface area (Å²) in [5.41, 5.74) is 6.42. The molecule has 0 bridgehead atoms. The molecule has 0 spiro atoms. The van der Waals surface area contributed by atoms with E-state index in [9.17, 15) is 9.59 Å². The highest BCUT2D eigenvalue weighted by Gasteiger charge is 2.25. The highest BCUT2D eigenvalue weighted by molar-refractivity contribution is 7.21. The number of amides is 2. The van der Waals surface area contributed by atoms with Crippen LogP contribution in [0.15, 0.2) is 18.2 Å². The smallest absolute Gasteiger partial charge is 0.263 e. The fourth-order valence-electron chi connectivity index (χ4n) is 2.26. The number of hydrogen-bond acceptors (Lipinski definition) is 4. The molecule has 104 valence electrons. The van der Waals surface area contributed by atoms with Gasteiger partial charge in [0.15, 0.2) is 0 Å². The molecule has 0 saturated carbocycles. The molecule has 1 aliphatic heterocycles. The van der Waals surface area contributed by atoms with E-state index >= 15 is 0 Å². The van der Waals surface area contributed by atoms with E-state index in [0.717, 1.165) is 4.70 Å². The number of thiophene rings is 1. The summed E-state index contributed by atoms with van der Waals surface area (Å²) in [6.45, 7) is 0.454. The van der Waals surface area contributed by atoms with Crippen LogP contribution in [-0.2, 0) is 4.79 Å². The Labute approximate surface area is 124 Å². The van der Waals surface area contributed by atoms with Crippen LogP contribution in [0.4, 0.5) is 5.69 Å². The summed E-state index contributed by atoms with van der Waals surface area (Å²) >= 11 is 7.41. The van der Waals surface area contributed by atoms with Gasteiger partial charge in [0.1, 0.15) is 4.88 Å². The van der Waals surface area contributed by atoms with E-state index in [2.05, 4.69) is 10.6 Å². The normalized spacial score (nSPS) is 18.2. The number of carbonyl (C=O) groups excluding carboxylic acids is 2. The topological polar surface area (TPSA) is 84.2 Å². The number of fused-ring (bicyclic) bond motifs is 1. The fraction of sp³-hybridized carbons (Fsp3) is 0.231. The minimum absolute atomic E-state index is 0.0531. The molecule has 2 aromatic rings. The van der Waals surface area contributed by atoms with Crippen LogP contribution in [0.1, 0.15) is 16.1 Å². The number of hydrogen-bond donors (Lipinski definition) is 3. The van der Waals surface area contributed by atoms with Gasteiger partial charge in [0.05, 0.1) is 16.8 Å². The quantitative estimate of drug-likeness (QED) is 0.790. The Morgan fingerprint density at radius 3 is 2.95 bits per heavy atom. The van der Waals surface area contributed by atoms with Crippen molar-refractivity contribution in [2.24, 2.45) is 0 Å². The Hall–Kier alpha value is -1.79. The van der Waals surface area contributed by atoms with Crippen LogP contribution >= 0.6 is 22.9 Å². The number of halogens is 1. The molecule has 20 heavy (non-hydrogen) atoms. The van der Waals surface area contributed by atoms with E-state index in [-0.39, 0.29) is 17.9 Å². The summed E-state index contributed by atoms with van der Waals surface area (Å²) in [5, 5.41) is 6.73. The lowest BCUT2D eigenvalue weighted by molar-refractivity contribution is -0.119. The Kier molecular flexibility index (Phi) is 3.27. The molecule has 1 atom stereocenters. The van der Waals surface area contributed by atoms with Crippen molar-refractivity contribution < 1.29 is 9.59 Å². The van der Waals surface area contributed by atoms with E-state index in [0.29, 0.717) is 33.9 Å². The summed E-state index contributed by atoms with van der Waals surface area (Å²) < 4.78 is 0.876. The van der Waals surface area contributed by atoms with Crippen molar-refractivity contribution in [1.29, 1.82) is 0 Å². The Morgan fingerprint density at radius 1 is 1.50 bits per heavy atom. The first-order valence-corrected chi connectivity index (χ1v) is 7.29. The number of nitrogens with two attached hydrogens (primary N) is 1. The van der Waals surface area contributed by atoms with Crippen molar-refractivity contribution in [1.82, 2.24) is 10.6 Å². The van der Waals surface area contributed by atoms with Crippen LogP contribution in [0.2, 0.25) is 5.02 Å². The van der Waals surface area contributed by atoms with Crippen LogP contribution in [-0.4, -0.2) is 24.4 Å². The first kappa shape index (κ1) is 13.2. The van der Waals surface area contributed by atoms with Crippen molar-refractivity contribution >= 4 is 50.5 Å². The van der Waals surface area contributed by atoms with Gasteiger partial charge < -0.3 is 16.4 Å². The van der Waals surface area contributed by atoms with Gasteiger partial charge in [-0.15, -0.1) is 11.3 Å². The summed E-state index contributed by atoms with van der Waals surface area (Å²) in [7, 11) is 0. The van der Waals surface area contributed by atoms with Crippen molar-refractivity contribution in [3.8, 4) is 0 Å².